The summed E-state index contributed by atoms with van der Waals surface area (Å²) in [7, 11) is 0. The molecule has 27 heavy (non-hydrogen) atoms. The van der Waals surface area contributed by atoms with E-state index >= 15 is 0 Å². The number of rotatable bonds is 7. The number of amides is 1. The molecule has 0 bridgehead atoms. The fraction of sp³-hybridized carbons (Fsp3) is 0.300. The second kappa shape index (κ2) is 8.78. The number of likely N-dealkylation sites (N-methyl/N-ethyl adjacent to an activating group) is 1. The fourth-order valence-corrected chi connectivity index (χ4v) is 4.05. The minimum Gasteiger partial charge on any atom is -0.334 e. The number of fused-ring (bicyclic) bond motifs is 1. The Bertz CT molecular complexity index is 925. The van der Waals surface area contributed by atoms with Crippen LogP contribution in [0.4, 0.5) is 9.52 Å². The summed E-state index contributed by atoms with van der Waals surface area (Å²) in [5.41, 5.74) is 1.25. The first-order valence-electron chi connectivity index (χ1n) is 8.99. The quantitative estimate of drug-likeness (QED) is 0.650. The molecule has 0 saturated heterocycles. The van der Waals surface area contributed by atoms with Crippen molar-refractivity contribution in [3.8, 4) is 0 Å². The highest BCUT2D eigenvalue weighted by atomic mass is 35.5. The highest BCUT2D eigenvalue weighted by Gasteiger charge is 2.23. The van der Waals surface area contributed by atoms with E-state index < -0.39 is 0 Å². The number of carbonyl (C=O) groups excluding carboxylic acids is 1. The first-order valence-corrected chi connectivity index (χ1v) is 10.2. The third-order valence-electron chi connectivity index (χ3n) is 4.60. The molecule has 0 unspecified atom stereocenters. The van der Waals surface area contributed by atoms with Gasteiger partial charge < -0.3 is 4.90 Å². The van der Waals surface area contributed by atoms with E-state index in [4.69, 9.17) is 11.6 Å². The van der Waals surface area contributed by atoms with Crippen LogP contribution in [0.15, 0.2) is 42.5 Å². The van der Waals surface area contributed by atoms with E-state index in [1.807, 2.05) is 0 Å². The molecule has 3 rings (SSSR count). The molecule has 0 aliphatic carbocycles. The summed E-state index contributed by atoms with van der Waals surface area (Å²) in [6.07, 6.45) is 0. The van der Waals surface area contributed by atoms with Crippen LogP contribution in [0.2, 0.25) is 5.02 Å². The van der Waals surface area contributed by atoms with Crippen molar-refractivity contribution in [2.24, 2.45) is 0 Å². The van der Waals surface area contributed by atoms with Crippen LogP contribution in [0.5, 0.6) is 0 Å². The molecule has 0 saturated carbocycles. The summed E-state index contributed by atoms with van der Waals surface area (Å²) in [6.45, 7) is 7.60. The molecule has 0 aliphatic rings. The van der Waals surface area contributed by atoms with Crippen molar-refractivity contribution in [2.45, 2.75) is 13.8 Å². The minimum absolute atomic E-state index is 0.127. The monoisotopic (exact) mass is 406 g/mol. The molecular weight excluding hydrogens is 385 g/mol. The molecule has 4 nitrogen and oxygen atoms in total. The van der Waals surface area contributed by atoms with Crippen LogP contribution >= 0.6 is 22.9 Å². The lowest BCUT2D eigenvalue weighted by atomic mass is 10.2. The van der Waals surface area contributed by atoms with Gasteiger partial charge in [0, 0.05) is 10.6 Å². The lowest BCUT2D eigenvalue weighted by molar-refractivity contribution is -0.894. The Kier molecular flexibility index (Phi) is 6.42. The highest BCUT2D eigenvalue weighted by Crippen LogP contribution is 2.30. The van der Waals surface area contributed by atoms with E-state index in [2.05, 4.69) is 18.8 Å². The van der Waals surface area contributed by atoms with E-state index in [1.165, 1.54) is 28.4 Å². The zero-order chi connectivity index (χ0) is 19.4. The van der Waals surface area contributed by atoms with E-state index in [9.17, 15) is 9.18 Å². The maximum absolute atomic E-state index is 13.5. The Balaban J connectivity index is 1.94. The third-order valence-corrected chi connectivity index (χ3v) is 5.89. The number of halogens is 2. The van der Waals surface area contributed by atoms with Gasteiger partial charge in [-0.05, 0) is 56.3 Å². The number of nitrogens with one attached hydrogen (secondary N) is 1. The number of hydrogen-bond acceptors (Lipinski definition) is 3. The molecule has 0 radical (unpaired) electrons. The molecule has 0 fully saturated rings. The van der Waals surface area contributed by atoms with Gasteiger partial charge in [-0.1, -0.05) is 22.9 Å². The average Bonchev–Trinajstić information content (AvgIpc) is 3.08. The van der Waals surface area contributed by atoms with Crippen molar-refractivity contribution < 1.29 is 14.1 Å². The summed E-state index contributed by atoms with van der Waals surface area (Å²) in [6, 6.07) is 11.3. The van der Waals surface area contributed by atoms with Gasteiger partial charge in [0.2, 0.25) is 0 Å². The molecule has 0 aliphatic heterocycles. The number of carbonyl (C=O) groups is 1. The van der Waals surface area contributed by atoms with E-state index in [1.54, 1.807) is 35.2 Å². The Morgan fingerprint density at radius 3 is 2.56 bits per heavy atom. The first kappa shape index (κ1) is 19.7. The third kappa shape index (κ3) is 4.64. The zero-order valence-electron chi connectivity index (χ0n) is 15.3. The van der Waals surface area contributed by atoms with Crippen molar-refractivity contribution >= 4 is 44.2 Å². The molecule has 1 heterocycles. The molecule has 142 valence electrons. The SMILES string of the molecule is CC[NH+](CC)CCN(C(=O)c1ccc(Cl)cc1)c1nc2ccc(F)cc2s1. The Labute approximate surface area is 167 Å². The van der Waals surface area contributed by atoms with Gasteiger partial charge in [-0.2, -0.15) is 0 Å². The lowest BCUT2D eigenvalue weighted by Gasteiger charge is -2.23. The number of nitrogens with zero attached hydrogens (tertiary/aromatic N) is 2. The maximum Gasteiger partial charge on any atom is 0.260 e. The standard InChI is InChI=1S/C20H21ClFN3OS/c1-3-24(4-2)11-12-25(19(26)14-5-7-15(21)8-6-14)20-23-17-10-9-16(22)13-18(17)27-20/h5-10,13H,3-4,11-12H2,1-2H3/p+1. The summed E-state index contributed by atoms with van der Waals surface area (Å²) in [5, 5.41) is 1.17. The van der Waals surface area contributed by atoms with Crippen LogP contribution in [0, 0.1) is 5.82 Å². The van der Waals surface area contributed by atoms with Gasteiger partial charge in [-0.25, -0.2) is 9.37 Å². The van der Waals surface area contributed by atoms with Crippen molar-refractivity contribution in [3.05, 3.63) is 58.9 Å². The Morgan fingerprint density at radius 1 is 1.19 bits per heavy atom. The van der Waals surface area contributed by atoms with Crippen molar-refractivity contribution in [3.63, 3.8) is 0 Å². The van der Waals surface area contributed by atoms with Crippen molar-refractivity contribution in [1.29, 1.82) is 0 Å². The smallest absolute Gasteiger partial charge is 0.260 e. The summed E-state index contributed by atoms with van der Waals surface area (Å²) in [4.78, 5) is 20.8. The predicted molar refractivity (Wildman–Crippen MR) is 110 cm³/mol. The van der Waals surface area contributed by atoms with Crippen LogP contribution in [0.25, 0.3) is 10.2 Å². The van der Waals surface area contributed by atoms with Gasteiger partial charge in [-0.15, -0.1) is 0 Å². The topological polar surface area (TPSA) is 37.6 Å². The molecule has 0 atom stereocenters. The van der Waals surface area contributed by atoms with E-state index in [0.29, 0.717) is 27.8 Å². The first-order chi connectivity index (χ1) is 13.0. The lowest BCUT2D eigenvalue weighted by Crippen LogP contribution is -3.12. The highest BCUT2D eigenvalue weighted by molar-refractivity contribution is 7.22. The molecule has 1 N–H and O–H groups in total. The molecule has 0 spiro atoms. The van der Waals surface area contributed by atoms with Crippen molar-refractivity contribution in [2.75, 3.05) is 31.1 Å². The number of anilines is 1. The van der Waals surface area contributed by atoms with Crippen LogP contribution in [0.3, 0.4) is 0 Å². The largest absolute Gasteiger partial charge is 0.334 e. The fourth-order valence-electron chi connectivity index (χ4n) is 2.91. The summed E-state index contributed by atoms with van der Waals surface area (Å²) >= 11 is 7.28. The number of quaternary nitrogens is 1. The van der Waals surface area contributed by atoms with Gasteiger partial charge >= 0.3 is 0 Å². The predicted octanol–water partition coefficient (Wildman–Crippen LogP) is 3.66. The van der Waals surface area contributed by atoms with Gasteiger partial charge in [0.25, 0.3) is 5.91 Å². The number of benzene rings is 2. The number of thiazole rings is 1. The normalized spacial score (nSPS) is 11.3. The van der Waals surface area contributed by atoms with Crippen LogP contribution in [-0.2, 0) is 0 Å². The molecule has 7 heteroatoms. The molecule has 2 aromatic carbocycles. The Morgan fingerprint density at radius 2 is 1.89 bits per heavy atom. The van der Waals surface area contributed by atoms with Gasteiger partial charge in [0.15, 0.2) is 5.13 Å². The molecule has 1 amide bonds. The summed E-state index contributed by atoms with van der Waals surface area (Å²) in [5.74, 6) is -0.432. The zero-order valence-corrected chi connectivity index (χ0v) is 16.9. The number of aromatic nitrogens is 1. The van der Waals surface area contributed by atoms with E-state index in [0.717, 1.165) is 24.3 Å². The average molecular weight is 407 g/mol. The second-order valence-corrected chi connectivity index (χ2v) is 7.72. The molecule has 3 aromatic rings. The summed E-state index contributed by atoms with van der Waals surface area (Å²) < 4.78 is 14.3. The van der Waals surface area contributed by atoms with Gasteiger partial charge in [0.05, 0.1) is 36.4 Å². The van der Waals surface area contributed by atoms with Crippen LogP contribution in [0.1, 0.15) is 24.2 Å². The van der Waals surface area contributed by atoms with E-state index in [-0.39, 0.29) is 11.7 Å². The Hall–Kier alpha value is -2.02. The molecular formula is C20H22ClFN3OS+. The minimum atomic E-state index is -0.305. The van der Waals surface area contributed by atoms with Crippen LogP contribution < -0.4 is 9.80 Å². The van der Waals surface area contributed by atoms with Gasteiger partial charge in [0.1, 0.15) is 5.82 Å². The van der Waals surface area contributed by atoms with Gasteiger partial charge in [-0.3, -0.25) is 9.69 Å². The van der Waals surface area contributed by atoms with Crippen LogP contribution in [-0.4, -0.2) is 37.1 Å². The molecule has 1 aromatic heterocycles. The maximum atomic E-state index is 13.5. The number of hydrogen-bond donors (Lipinski definition) is 1. The van der Waals surface area contributed by atoms with Crippen molar-refractivity contribution in [1.82, 2.24) is 4.98 Å². The second-order valence-electron chi connectivity index (χ2n) is 6.28.